The number of hydrogen-bond acceptors (Lipinski definition) is 7. The molecule has 11 heteroatoms. The second-order valence-electron chi connectivity index (χ2n) is 7.62. The van der Waals surface area contributed by atoms with Crippen molar-refractivity contribution in [3.8, 4) is 11.5 Å². The van der Waals surface area contributed by atoms with Gasteiger partial charge in [0.2, 0.25) is 0 Å². The molecular weight excluding hydrogens is 438 g/mol. The molecule has 0 saturated heterocycles. The predicted octanol–water partition coefficient (Wildman–Crippen LogP) is 1.47. The predicted molar refractivity (Wildman–Crippen MR) is 126 cm³/mol. The number of para-hydroxylation sites is 1. The number of nitrogens with one attached hydrogen (secondary N) is 1. The lowest BCUT2D eigenvalue weighted by atomic mass is 9.79. The summed E-state index contributed by atoms with van der Waals surface area (Å²) in [5.41, 5.74) is 7.85. The van der Waals surface area contributed by atoms with Crippen molar-refractivity contribution in [2.75, 3.05) is 5.32 Å². The summed E-state index contributed by atoms with van der Waals surface area (Å²) in [6.45, 7) is 0.269. The fraction of sp³-hybridized carbons (Fsp3) is 0.0435. The maximum atomic E-state index is 13.6. The van der Waals surface area contributed by atoms with Gasteiger partial charge < -0.3 is 21.1 Å². The third-order valence-corrected chi connectivity index (χ3v) is 5.42. The second kappa shape index (κ2) is 8.54. The van der Waals surface area contributed by atoms with Crippen molar-refractivity contribution in [1.82, 2.24) is 19.4 Å². The number of carbonyl (C=O) groups is 1. The standard InChI is InChI=1S/C23H18BFN6O3/c25-14-5-1-4-13(10-14)11-27-22-15-6-2-7-16(24(33)34)19(15)29-23(30-22)20-17-8-3-9-18(21(26)32)31(17)12-28-20/h1-10,12,33-34H,11H2,(H2,26,32)(H,27,29,30). The molecule has 0 spiro atoms. The molecule has 2 aromatic carbocycles. The molecule has 5 N–H and O–H groups in total. The van der Waals surface area contributed by atoms with E-state index >= 15 is 0 Å². The lowest BCUT2D eigenvalue weighted by molar-refractivity contribution is 0.0994. The Bertz CT molecular complexity index is 1560. The number of benzene rings is 2. The SMILES string of the molecule is NC(=O)c1cccc2c(-c3nc(NCc4cccc(F)c4)c4cccc(B(O)O)c4n3)ncn12. The number of pyridine rings is 1. The minimum Gasteiger partial charge on any atom is -0.423 e. The summed E-state index contributed by atoms with van der Waals surface area (Å²) in [5.74, 6) is -0.365. The van der Waals surface area contributed by atoms with Crippen molar-refractivity contribution in [2.24, 2.45) is 5.73 Å². The van der Waals surface area contributed by atoms with Gasteiger partial charge in [-0.2, -0.15) is 0 Å². The van der Waals surface area contributed by atoms with Crippen LogP contribution in [0, 0.1) is 5.82 Å². The minimum absolute atomic E-state index is 0.191. The van der Waals surface area contributed by atoms with Crippen LogP contribution in [0.1, 0.15) is 16.1 Å². The van der Waals surface area contributed by atoms with Gasteiger partial charge in [0.25, 0.3) is 5.91 Å². The number of carbonyl (C=O) groups excluding carboxylic acids is 1. The number of hydrogen-bond donors (Lipinski definition) is 4. The van der Waals surface area contributed by atoms with E-state index in [0.29, 0.717) is 33.5 Å². The zero-order valence-electron chi connectivity index (χ0n) is 17.7. The first kappa shape index (κ1) is 21.5. The van der Waals surface area contributed by atoms with E-state index in [-0.39, 0.29) is 29.3 Å². The van der Waals surface area contributed by atoms with Crippen molar-refractivity contribution < 1.29 is 19.2 Å². The van der Waals surface area contributed by atoms with Crippen molar-refractivity contribution in [2.45, 2.75) is 6.54 Å². The topological polar surface area (TPSA) is 139 Å². The Hall–Kier alpha value is -4.35. The molecule has 0 unspecified atom stereocenters. The molecule has 5 rings (SSSR count). The number of imidazole rings is 1. The molecule has 0 aliphatic rings. The molecule has 0 atom stereocenters. The van der Waals surface area contributed by atoms with Gasteiger partial charge in [-0.25, -0.2) is 19.3 Å². The number of halogens is 1. The van der Waals surface area contributed by atoms with Gasteiger partial charge >= 0.3 is 7.12 Å². The zero-order chi connectivity index (χ0) is 23.8. The molecule has 168 valence electrons. The molecule has 0 radical (unpaired) electrons. The number of amides is 1. The summed E-state index contributed by atoms with van der Waals surface area (Å²) < 4.78 is 15.2. The maximum absolute atomic E-state index is 13.6. The molecule has 5 aromatic rings. The molecule has 1 amide bonds. The second-order valence-corrected chi connectivity index (χ2v) is 7.62. The minimum atomic E-state index is -1.76. The first-order chi connectivity index (χ1) is 16.4. The molecule has 3 aromatic heterocycles. The third kappa shape index (κ3) is 3.83. The number of rotatable bonds is 6. The maximum Gasteiger partial charge on any atom is 0.490 e. The van der Waals surface area contributed by atoms with E-state index in [0.717, 1.165) is 0 Å². The van der Waals surface area contributed by atoms with Crippen LogP contribution in [0.4, 0.5) is 10.2 Å². The van der Waals surface area contributed by atoms with Crippen molar-refractivity contribution in [1.29, 1.82) is 0 Å². The van der Waals surface area contributed by atoms with Crippen LogP contribution in [0.15, 0.2) is 67.0 Å². The van der Waals surface area contributed by atoms with Gasteiger partial charge in [-0.05, 0) is 35.9 Å². The molecular formula is C23H18BFN6O3. The molecule has 34 heavy (non-hydrogen) atoms. The van der Waals surface area contributed by atoms with Crippen molar-refractivity contribution in [3.63, 3.8) is 0 Å². The Morgan fingerprint density at radius 1 is 1.09 bits per heavy atom. The number of nitrogens with two attached hydrogens (primary N) is 1. The Morgan fingerprint density at radius 2 is 1.88 bits per heavy atom. The lowest BCUT2D eigenvalue weighted by Crippen LogP contribution is -2.31. The highest BCUT2D eigenvalue weighted by Gasteiger charge is 2.21. The van der Waals surface area contributed by atoms with Gasteiger partial charge in [-0.15, -0.1) is 0 Å². The first-order valence-electron chi connectivity index (χ1n) is 10.3. The van der Waals surface area contributed by atoms with Crippen LogP contribution in [-0.4, -0.2) is 42.4 Å². The van der Waals surface area contributed by atoms with Crippen LogP contribution in [0.2, 0.25) is 0 Å². The molecule has 0 aliphatic carbocycles. The van der Waals surface area contributed by atoms with E-state index in [9.17, 15) is 19.2 Å². The van der Waals surface area contributed by atoms with E-state index in [1.807, 2.05) is 0 Å². The van der Waals surface area contributed by atoms with Gasteiger partial charge in [0.15, 0.2) is 5.82 Å². The van der Waals surface area contributed by atoms with Crippen LogP contribution in [0.5, 0.6) is 0 Å². The average Bonchev–Trinajstić information content (AvgIpc) is 3.26. The largest absolute Gasteiger partial charge is 0.490 e. The smallest absolute Gasteiger partial charge is 0.423 e. The van der Waals surface area contributed by atoms with Gasteiger partial charge in [-0.3, -0.25) is 9.20 Å². The fourth-order valence-electron chi connectivity index (χ4n) is 3.85. The van der Waals surface area contributed by atoms with E-state index < -0.39 is 13.0 Å². The Balaban J connectivity index is 1.68. The Labute approximate surface area is 192 Å². The van der Waals surface area contributed by atoms with E-state index in [2.05, 4.69) is 20.3 Å². The summed E-state index contributed by atoms with van der Waals surface area (Å²) in [6.07, 6.45) is 1.45. The third-order valence-electron chi connectivity index (χ3n) is 5.42. The van der Waals surface area contributed by atoms with Crippen LogP contribution < -0.4 is 16.5 Å². The first-order valence-corrected chi connectivity index (χ1v) is 10.3. The molecule has 0 fully saturated rings. The molecule has 3 heterocycles. The van der Waals surface area contributed by atoms with E-state index in [1.54, 1.807) is 48.5 Å². The average molecular weight is 456 g/mol. The van der Waals surface area contributed by atoms with Gasteiger partial charge in [-0.1, -0.05) is 30.3 Å². The summed E-state index contributed by atoms with van der Waals surface area (Å²) in [5, 5.41) is 23.5. The molecule has 0 aliphatic heterocycles. The zero-order valence-corrected chi connectivity index (χ0v) is 17.7. The highest BCUT2D eigenvalue weighted by atomic mass is 19.1. The van der Waals surface area contributed by atoms with Crippen LogP contribution >= 0.6 is 0 Å². The van der Waals surface area contributed by atoms with E-state index in [4.69, 9.17) is 5.73 Å². The summed E-state index contributed by atoms with van der Waals surface area (Å²) in [4.78, 5) is 25.4. The quantitative estimate of drug-likeness (QED) is 0.284. The highest BCUT2D eigenvalue weighted by Crippen LogP contribution is 2.27. The lowest BCUT2D eigenvalue weighted by Gasteiger charge is -2.13. The van der Waals surface area contributed by atoms with Gasteiger partial charge in [0.1, 0.15) is 29.4 Å². The number of fused-ring (bicyclic) bond motifs is 2. The Morgan fingerprint density at radius 3 is 2.65 bits per heavy atom. The van der Waals surface area contributed by atoms with E-state index in [1.165, 1.54) is 22.9 Å². The number of anilines is 1. The number of nitrogens with zero attached hydrogens (tertiary/aromatic N) is 4. The van der Waals surface area contributed by atoms with Crippen molar-refractivity contribution in [3.05, 3.63) is 84.1 Å². The molecule has 0 bridgehead atoms. The monoisotopic (exact) mass is 456 g/mol. The fourth-order valence-corrected chi connectivity index (χ4v) is 3.85. The Kier molecular flexibility index (Phi) is 5.40. The summed E-state index contributed by atoms with van der Waals surface area (Å²) in [6, 6.07) is 16.1. The number of aromatic nitrogens is 4. The summed E-state index contributed by atoms with van der Waals surface area (Å²) in [7, 11) is -1.76. The number of primary amides is 1. The van der Waals surface area contributed by atoms with Gasteiger partial charge in [0, 0.05) is 17.4 Å². The van der Waals surface area contributed by atoms with Crippen molar-refractivity contribution >= 4 is 40.7 Å². The van der Waals surface area contributed by atoms with Crippen LogP contribution in [-0.2, 0) is 6.54 Å². The normalized spacial score (nSPS) is 11.1. The molecule has 0 saturated carbocycles. The molecule has 9 nitrogen and oxygen atoms in total. The van der Waals surface area contributed by atoms with Crippen LogP contribution in [0.25, 0.3) is 27.9 Å². The summed E-state index contributed by atoms with van der Waals surface area (Å²) >= 11 is 0. The highest BCUT2D eigenvalue weighted by molar-refractivity contribution is 6.61. The van der Waals surface area contributed by atoms with Gasteiger partial charge in [0.05, 0.1) is 11.0 Å². The van der Waals surface area contributed by atoms with Crippen LogP contribution in [0.3, 0.4) is 0 Å².